The van der Waals surface area contributed by atoms with Gasteiger partial charge in [0.25, 0.3) is 5.91 Å². The van der Waals surface area contributed by atoms with Crippen molar-refractivity contribution in [3.05, 3.63) is 17.3 Å². The van der Waals surface area contributed by atoms with Gasteiger partial charge >= 0.3 is 0 Å². The molecule has 2 saturated heterocycles. The highest BCUT2D eigenvalue weighted by Gasteiger charge is 2.28. The summed E-state index contributed by atoms with van der Waals surface area (Å²) in [6, 6.07) is 0.354. The molecule has 140 valence electrons. The fourth-order valence-electron chi connectivity index (χ4n) is 3.34. The zero-order valence-corrected chi connectivity index (χ0v) is 14.5. The molecular formula is C17H18FN7O2. The standard InChI is InChI=1S/C17H18FN7O2/c18-11-3-4-24(8-11)16-22-14-10(5-9-6-13(26)21-15(9)27)7-19-25(14)17(23-16)20-12-1-2-12/h5,7,11-12H,1-4,6,8H2,(H,20,22,23)(H,21,26,27)/b9-5+. The average molecular weight is 371 g/mol. The third kappa shape index (κ3) is 3.00. The Hall–Kier alpha value is -3.04. The Balaban J connectivity index is 1.59. The van der Waals surface area contributed by atoms with E-state index in [0.29, 0.717) is 47.7 Å². The van der Waals surface area contributed by atoms with Crippen LogP contribution in [-0.4, -0.2) is 56.7 Å². The van der Waals surface area contributed by atoms with Gasteiger partial charge in [-0.15, -0.1) is 0 Å². The van der Waals surface area contributed by atoms with E-state index in [1.165, 1.54) is 0 Å². The Bertz CT molecular complexity index is 981. The van der Waals surface area contributed by atoms with E-state index in [4.69, 9.17) is 0 Å². The van der Waals surface area contributed by atoms with Crippen LogP contribution in [0.3, 0.4) is 0 Å². The van der Waals surface area contributed by atoms with Crippen LogP contribution in [0, 0.1) is 0 Å². The van der Waals surface area contributed by atoms with Crippen LogP contribution in [-0.2, 0) is 9.59 Å². The molecule has 4 heterocycles. The van der Waals surface area contributed by atoms with Crippen LogP contribution in [0.1, 0.15) is 31.2 Å². The van der Waals surface area contributed by atoms with Crippen molar-refractivity contribution in [2.24, 2.45) is 0 Å². The van der Waals surface area contributed by atoms with Crippen molar-refractivity contribution in [3.8, 4) is 0 Å². The average Bonchev–Trinajstić information content (AvgIpc) is 3.04. The molecule has 3 fully saturated rings. The maximum absolute atomic E-state index is 13.6. The summed E-state index contributed by atoms with van der Waals surface area (Å²) in [6.07, 6.45) is 4.97. The van der Waals surface area contributed by atoms with Gasteiger partial charge in [0.2, 0.25) is 17.8 Å². The van der Waals surface area contributed by atoms with Crippen LogP contribution < -0.4 is 15.5 Å². The summed E-state index contributed by atoms with van der Waals surface area (Å²) in [4.78, 5) is 34.2. The number of hydrogen-bond acceptors (Lipinski definition) is 7. The number of carbonyl (C=O) groups excluding carboxylic acids is 2. The second-order valence-corrected chi connectivity index (χ2v) is 7.16. The van der Waals surface area contributed by atoms with Gasteiger partial charge in [-0.1, -0.05) is 0 Å². The number of amides is 2. The lowest BCUT2D eigenvalue weighted by atomic mass is 10.1. The lowest BCUT2D eigenvalue weighted by Gasteiger charge is -2.17. The van der Waals surface area contributed by atoms with Crippen molar-refractivity contribution in [1.82, 2.24) is 24.9 Å². The van der Waals surface area contributed by atoms with Crippen LogP contribution >= 0.6 is 0 Å². The number of anilines is 2. The molecule has 0 aromatic carbocycles. The Kier molecular flexibility index (Phi) is 3.59. The second-order valence-electron chi connectivity index (χ2n) is 7.16. The molecule has 2 aliphatic heterocycles. The summed E-state index contributed by atoms with van der Waals surface area (Å²) in [7, 11) is 0. The number of aromatic nitrogens is 4. The molecule has 0 bridgehead atoms. The minimum Gasteiger partial charge on any atom is -0.351 e. The zero-order chi connectivity index (χ0) is 18.5. The molecule has 3 aliphatic rings. The van der Waals surface area contributed by atoms with Gasteiger partial charge in [-0.05, 0) is 25.3 Å². The molecule has 9 nitrogen and oxygen atoms in total. The van der Waals surface area contributed by atoms with Crippen LogP contribution in [0.15, 0.2) is 11.8 Å². The largest absolute Gasteiger partial charge is 0.351 e. The highest BCUT2D eigenvalue weighted by Crippen LogP contribution is 2.28. The molecule has 2 N–H and O–H groups in total. The Morgan fingerprint density at radius 3 is 2.78 bits per heavy atom. The number of nitrogens with zero attached hydrogens (tertiary/aromatic N) is 5. The molecule has 5 rings (SSSR count). The van der Waals surface area contributed by atoms with Gasteiger partial charge in [0.05, 0.1) is 19.2 Å². The molecule has 2 amide bonds. The van der Waals surface area contributed by atoms with E-state index in [9.17, 15) is 14.0 Å². The lowest BCUT2D eigenvalue weighted by Crippen LogP contribution is -2.24. The molecule has 27 heavy (non-hydrogen) atoms. The minimum absolute atomic E-state index is 0.0386. The van der Waals surface area contributed by atoms with Gasteiger partial charge in [0.15, 0.2) is 5.65 Å². The van der Waals surface area contributed by atoms with Crippen molar-refractivity contribution in [2.75, 3.05) is 23.3 Å². The van der Waals surface area contributed by atoms with Crippen molar-refractivity contribution >= 4 is 35.4 Å². The predicted molar refractivity (Wildman–Crippen MR) is 94.9 cm³/mol. The van der Waals surface area contributed by atoms with Crippen molar-refractivity contribution < 1.29 is 14.0 Å². The smallest absolute Gasteiger partial charge is 0.254 e. The van der Waals surface area contributed by atoms with E-state index in [1.54, 1.807) is 16.8 Å². The van der Waals surface area contributed by atoms with Gasteiger partial charge < -0.3 is 10.2 Å². The monoisotopic (exact) mass is 371 g/mol. The van der Waals surface area contributed by atoms with Gasteiger partial charge in [-0.3, -0.25) is 14.9 Å². The quantitative estimate of drug-likeness (QED) is 0.601. The Morgan fingerprint density at radius 2 is 2.11 bits per heavy atom. The number of rotatable bonds is 4. The summed E-state index contributed by atoms with van der Waals surface area (Å²) >= 11 is 0. The third-order valence-corrected chi connectivity index (χ3v) is 4.93. The van der Waals surface area contributed by atoms with Gasteiger partial charge in [-0.2, -0.15) is 19.6 Å². The first kappa shape index (κ1) is 16.2. The van der Waals surface area contributed by atoms with Crippen molar-refractivity contribution in [1.29, 1.82) is 0 Å². The summed E-state index contributed by atoms with van der Waals surface area (Å²) in [5.41, 5.74) is 1.51. The number of halogens is 1. The molecule has 10 heteroatoms. The van der Waals surface area contributed by atoms with Gasteiger partial charge in [0, 0.05) is 23.7 Å². The first-order valence-corrected chi connectivity index (χ1v) is 9.03. The second kappa shape index (κ2) is 6.00. The van der Waals surface area contributed by atoms with E-state index in [-0.39, 0.29) is 18.9 Å². The highest BCUT2D eigenvalue weighted by molar-refractivity contribution is 6.15. The van der Waals surface area contributed by atoms with Crippen LogP contribution in [0.5, 0.6) is 0 Å². The number of nitrogens with one attached hydrogen (secondary N) is 2. The normalized spacial score (nSPS) is 24.3. The topological polar surface area (TPSA) is 105 Å². The first-order chi connectivity index (χ1) is 13.1. The van der Waals surface area contributed by atoms with Crippen LogP contribution in [0.4, 0.5) is 16.3 Å². The van der Waals surface area contributed by atoms with Crippen molar-refractivity contribution in [3.63, 3.8) is 0 Å². The molecule has 1 aliphatic carbocycles. The van der Waals surface area contributed by atoms with E-state index < -0.39 is 12.1 Å². The summed E-state index contributed by atoms with van der Waals surface area (Å²) in [6.45, 7) is 0.822. The lowest BCUT2D eigenvalue weighted by molar-refractivity contribution is -0.124. The van der Waals surface area contributed by atoms with Crippen LogP contribution in [0.2, 0.25) is 0 Å². The predicted octanol–water partition coefficient (Wildman–Crippen LogP) is 0.677. The first-order valence-electron chi connectivity index (χ1n) is 9.03. The summed E-state index contributed by atoms with van der Waals surface area (Å²) in [5, 5.41) is 9.94. The number of imide groups is 1. The Labute approximate surface area is 153 Å². The SMILES string of the molecule is O=C1C/C(=C\c2cnn3c(NC4CC4)nc(N4CCC(F)C4)nc23)C(=O)N1. The molecular weight excluding hydrogens is 353 g/mol. The van der Waals surface area contributed by atoms with E-state index in [1.807, 2.05) is 4.90 Å². The van der Waals surface area contributed by atoms with E-state index >= 15 is 0 Å². The highest BCUT2D eigenvalue weighted by atomic mass is 19.1. The molecule has 0 spiro atoms. The van der Waals surface area contributed by atoms with Gasteiger partial charge in [-0.25, -0.2) is 4.39 Å². The van der Waals surface area contributed by atoms with Crippen LogP contribution in [0.25, 0.3) is 11.7 Å². The third-order valence-electron chi connectivity index (χ3n) is 4.93. The molecule has 2 aromatic heterocycles. The van der Waals surface area contributed by atoms with Crippen molar-refractivity contribution in [2.45, 2.75) is 37.9 Å². The number of alkyl halides is 1. The molecule has 0 radical (unpaired) electrons. The number of carbonyl (C=O) groups is 2. The zero-order valence-electron chi connectivity index (χ0n) is 14.5. The summed E-state index contributed by atoms with van der Waals surface area (Å²) in [5.74, 6) is 0.277. The minimum atomic E-state index is -0.885. The molecule has 1 saturated carbocycles. The van der Waals surface area contributed by atoms with Gasteiger partial charge in [0.1, 0.15) is 6.17 Å². The number of hydrogen-bond donors (Lipinski definition) is 2. The fourth-order valence-corrected chi connectivity index (χ4v) is 3.34. The molecule has 1 atom stereocenters. The maximum Gasteiger partial charge on any atom is 0.254 e. The van der Waals surface area contributed by atoms with E-state index in [0.717, 1.165) is 12.8 Å². The molecule has 1 unspecified atom stereocenters. The van der Waals surface area contributed by atoms with E-state index in [2.05, 4.69) is 25.7 Å². The summed E-state index contributed by atoms with van der Waals surface area (Å²) < 4.78 is 15.2. The fraction of sp³-hybridized carbons (Fsp3) is 0.471. The molecule has 2 aromatic rings. The Morgan fingerprint density at radius 1 is 1.26 bits per heavy atom. The number of fused-ring (bicyclic) bond motifs is 1. The maximum atomic E-state index is 13.6.